The molecule has 1 aliphatic rings. The molecule has 0 radical (unpaired) electrons. The molecule has 21 heavy (non-hydrogen) atoms. The number of benzene rings is 1. The molecule has 0 amide bonds. The second-order valence-corrected chi connectivity index (χ2v) is 6.03. The number of hydrogen-bond donors (Lipinski definition) is 0. The Morgan fingerprint density at radius 3 is 2.38 bits per heavy atom. The van der Waals surface area contributed by atoms with Crippen LogP contribution in [-0.2, 0) is 0 Å². The van der Waals surface area contributed by atoms with Gasteiger partial charge >= 0.3 is 0 Å². The molecule has 1 fully saturated rings. The maximum absolute atomic E-state index is 4.59. The summed E-state index contributed by atoms with van der Waals surface area (Å²) in [7, 11) is 0. The van der Waals surface area contributed by atoms with Crippen molar-refractivity contribution in [2.75, 3.05) is 18.0 Å². The lowest BCUT2D eigenvalue weighted by Crippen LogP contribution is -2.33. The normalized spacial score (nSPS) is 16.2. The van der Waals surface area contributed by atoms with Crippen molar-refractivity contribution in [3.05, 3.63) is 53.0 Å². The number of anilines is 1. The van der Waals surface area contributed by atoms with Gasteiger partial charge in [0.1, 0.15) is 11.6 Å². The Morgan fingerprint density at radius 2 is 1.71 bits per heavy atom. The minimum Gasteiger partial charge on any atom is -0.356 e. The summed E-state index contributed by atoms with van der Waals surface area (Å²) < 4.78 is 0. The van der Waals surface area contributed by atoms with Crippen LogP contribution in [0.1, 0.15) is 41.4 Å². The van der Waals surface area contributed by atoms with E-state index in [0.717, 1.165) is 30.4 Å². The fourth-order valence-corrected chi connectivity index (χ4v) is 3.32. The summed E-state index contributed by atoms with van der Waals surface area (Å²) in [6.07, 6.45) is 2.40. The van der Waals surface area contributed by atoms with Crippen molar-refractivity contribution in [1.29, 1.82) is 0 Å². The zero-order valence-corrected chi connectivity index (χ0v) is 13.1. The van der Waals surface area contributed by atoms with Crippen molar-refractivity contribution < 1.29 is 0 Å². The summed E-state index contributed by atoms with van der Waals surface area (Å²) in [6, 6.07) is 10.9. The summed E-state index contributed by atoms with van der Waals surface area (Å²) in [5.41, 5.74) is 4.00. The molecule has 3 nitrogen and oxygen atoms in total. The second kappa shape index (κ2) is 5.84. The molecule has 1 aromatic heterocycles. The van der Waals surface area contributed by atoms with Crippen molar-refractivity contribution in [3.63, 3.8) is 0 Å². The van der Waals surface area contributed by atoms with E-state index < -0.39 is 0 Å². The first-order valence-electron chi connectivity index (χ1n) is 7.76. The van der Waals surface area contributed by atoms with Gasteiger partial charge in [-0.1, -0.05) is 24.3 Å². The van der Waals surface area contributed by atoms with E-state index in [1.807, 2.05) is 13.8 Å². The van der Waals surface area contributed by atoms with Crippen LogP contribution in [0.4, 0.5) is 5.82 Å². The van der Waals surface area contributed by atoms with Crippen LogP contribution in [0.3, 0.4) is 0 Å². The van der Waals surface area contributed by atoms with Gasteiger partial charge in [-0.15, -0.1) is 0 Å². The smallest absolute Gasteiger partial charge is 0.132 e. The summed E-state index contributed by atoms with van der Waals surface area (Å²) in [5, 5.41) is 0. The average Bonchev–Trinajstić information content (AvgIpc) is 2.47. The largest absolute Gasteiger partial charge is 0.356 e. The molecule has 0 aliphatic carbocycles. The van der Waals surface area contributed by atoms with Crippen LogP contribution >= 0.6 is 0 Å². The summed E-state index contributed by atoms with van der Waals surface area (Å²) in [5.74, 6) is 2.64. The van der Waals surface area contributed by atoms with Gasteiger partial charge in [-0.2, -0.15) is 0 Å². The lowest BCUT2D eigenvalue weighted by molar-refractivity contribution is 0.500. The maximum atomic E-state index is 4.59. The molecule has 1 aromatic carbocycles. The number of aromatic nitrogens is 2. The van der Waals surface area contributed by atoms with Gasteiger partial charge in [0.25, 0.3) is 0 Å². The fourth-order valence-electron chi connectivity index (χ4n) is 3.32. The third kappa shape index (κ3) is 3.07. The Kier molecular flexibility index (Phi) is 3.91. The van der Waals surface area contributed by atoms with Crippen molar-refractivity contribution in [3.8, 4) is 0 Å². The fraction of sp³-hybridized carbons (Fsp3) is 0.444. The van der Waals surface area contributed by atoms with Crippen LogP contribution in [0, 0.1) is 20.8 Å². The van der Waals surface area contributed by atoms with Gasteiger partial charge in [0.05, 0.1) is 0 Å². The highest BCUT2D eigenvalue weighted by atomic mass is 15.2. The zero-order chi connectivity index (χ0) is 14.8. The van der Waals surface area contributed by atoms with E-state index in [4.69, 9.17) is 0 Å². The van der Waals surface area contributed by atoms with E-state index in [2.05, 4.69) is 52.1 Å². The van der Waals surface area contributed by atoms with Crippen LogP contribution in [0.5, 0.6) is 0 Å². The molecule has 110 valence electrons. The molecule has 1 aliphatic heterocycles. The van der Waals surface area contributed by atoms with Gasteiger partial charge in [0, 0.05) is 24.8 Å². The summed E-state index contributed by atoms with van der Waals surface area (Å²) in [4.78, 5) is 11.4. The lowest BCUT2D eigenvalue weighted by Gasteiger charge is -2.33. The SMILES string of the molecule is Cc1cc(N2CCC(c3ccccc3C)CC2)nc(C)n1. The molecule has 0 spiro atoms. The van der Waals surface area contributed by atoms with Gasteiger partial charge in [0.15, 0.2) is 0 Å². The molecule has 3 rings (SSSR count). The molecule has 0 saturated carbocycles. The maximum Gasteiger partial charge on any atom is 0.132 e. The van der Waals surface area contributed by atoms with Crippen LogP contribution in [0.2, 0.25) is 0 Å². The zero-order valence-electron chi connectivity index (χ0n) is 13.1. The van der Waals surface area contributed by atoms with E-state index in [-0.39, 0.29) is 0 Å². The minimum absolute atomic E-state index is 0.687. The Balaban J connectivity index is 1.72. The van der Waals surface area contributed by atoms with Crippen LogP contribution in [0.15, 0.2) is 30.3 Å². The van der Waals surface area contributed by atoms with Crippen LogP contribution in [0.25, 0.3) is 0 Å². The summed E-state index contributed by atoms with van der Waals surface area (Å²) in [6.45, 7) is 8.39. The lowest BCUT2D eigenvalue weighted by atomic mass is 9.87. The predicted molar refractivity (Wildman–Crippen MR) is 86.9 cm³/mol. The molecule has 0 atom stereocenters. The van der Waals surface area contributed by atoms with Gasteiger partial charge in [0.2, 0.25) is 0 Å². The van der Waals surface area contributed by atoms with Crippen molar-refractivity contribution in [1.82, 2.24) is 9.97 Å². The standard InChI is InChI=1S/C18H23N3/c1-13-6-4-5-7-17(13)16-8-10-21(11-9-16)18-12-14(2)19-15(3)20-18/h4-7,12,16H,8-11H2,1-3H3. The molecular formula is C18H23N3. The molecule has 1 saturated heterocycles. The van der Waals surface area contributed by atoms with E-state index >= 15 is 0 Å². The number of aryl methyl sites for hydroxylation is 3. The molecular weight excluding hydrogens is 258 g/mol. The Labute approximate surface area is 127 Å². The third-order valence-electron chi connectivity index (χ3n) is 4.40. The van der Waals surface area contributed by atoms with Gasteiger partial charge in [-0.25, -0.2) is 9.97 Å². The summed E-state index contributed by atoms with van der Waals surface area (Å²) >= 11 is 0. The molecule has 0 N–H and O–H groups in total. The monoisotopic (exact) mass is 281 g/mol. The Hall–Kier alpha value is -1.90. The Bertz CT molecular complexity index is 608. The molecule has 3 heteroatoms. The van der Waals surface area contributed by atoms with Gasteiger partial charge in [-0.3, -0.25) is 0 Å². The first kappa shape index (κ1) is 14.1. The van der Waals surface area contributed by atoms with E-state index in [1.54, 1.807) is 0 Å². The third-order valence-corrected chi connectivity index (χ3v) is 4.40. The quantitative estimate of drug-likeness (QED) is 0.838. The van der Waals surface area contributed by atoms with E-state index in [9.17, 15) is 0 Å². The highest BCUT2D eigenvalue weighted by molar-refractivity contribution is 5.41. The van der Waals surface area contributed by atoms with Gasteiger partial charge in [-0.05, 0) is 50.7 Å². The molecule has 0 unspecified atom stereocenters. The highest BCUT2D eigenvalue weighted by Crippen LogP contribution is 2.31. The van der Waals surface area contributed by atoms with Crippen LogP contribution < -0.4 is 4.90 Å². The number of rotatable bonds is 2. The average molecular weight is 281 g/mol. The first-order chi connectivity index (χ1) is 10.1. The molecule has 2 heterocycles. The van der Waals surface area contributed by atoms with Crippen molar-refractivity contribution in [2.24, 2.45) is 0 Å². The topological polar surface area (TPSA) is 29.0 Å². The van der Waals surface area contributed by atoms with Gasteiger partial charge < -0.3 is 4.90 Å². The number of nitrogens with zero attached hydrogens (tertiary/aromatic N) is 3. The minimum atomic E-state index is 0.687. The van der Waals surface area contributed by atoms with E-state index in [0.29, 0.717) is 5.92 Å². The number of hydrogen-bond acceptors (Lipinski definition) is 3. The molecule has 0 bridgehead atoms. The predicted octanol–water partition coefficient (Wildman–Crippen LogP) is 3.79. The Morgan fingerprint density at radius 1 is 1.00 bits per heavy atom. The van der Waals surface area contributed by atoms with Crippen molar-refractivity contribution in [2.45, 2.75) is 39.5 Å². The van der Waals surface area contributed by atoms with E-state index in [1.165, 1.54) is 24.0 Å². The van der Waals surface area contributed by atoms with Crippen molar-refractivity contribution >= 4 is 5.82 Å². The number of piperidine rings is 1. The van der Waals surface area contributed by atoms with Crippen LogP contribution in [-0.4, -0.2) is 23.1 Å². The first-order valence-corrected chi connectivity index (χ1v) is 7.76. The molecule has 2 aromatic rings. The highest BCUT2D eigenvalue weighted by Gasteiger charge is 2.22. The second-order valence-electron chi connectivity index (χ2n) is 6.03.